The highest BCUT2D eigenvalue weighted by atomic mass is 35.5. The monoisotopic (exact) mass is 203 g/mol. The highest BCUT2D eigenvalue weighted by Crippen LogP contribution is 2.04. The highest BCUT2D eigenvalue weighted by Gasteiger charge is 2.01. The minimum absolute atomic E-state index is 0. The van der Waals surface area contributed by atoms with Gasteiger partial charge in [0.1, 0.15) is 6.61 Å². The van der Waals surface area contributed by atoms with E-state index in [1.807, 2.05) is 0 Å². The Balaban J connectivity index is 0.00000144. The average molecular weight is 204 g/mol. The largest absolute Gasteiger partial charge is 1.00 e. The lowest BCUT2D eigenvalue weighted by Gasteiger charge is -1.97. The van der Waals surface area contributed by atoms with E-state index in [9.17, 15) is 4.79 Å². The summed E-state index contributed by atoms with van der Waals surface area (Å²) < 4.78 is 0. The molecular formula is C8H10ClNO3. The third-order valence-corrected chi connectivity index (χ3v) is 1.47. The molecule has 0 amide bonds. The van der Waals surface area contributed by atoms with Gasteiger partial charge in [0.2, 0.25) is 0 Å². The van der Waals surface area contributed by atoms with Crippen LogP contribution in [0.15, 0.2) is 24.3 Å². The van der Waals surface area contributed by atoms with Crippen LogP contribution >= 0.6 is 0 Å². The Morgan fingerprint density at radius 3 is 2.31 bits per heavy atom. The number of aromatic carboxylic acids is 1. The van der Waals surface area contributed by atoms with E-state index >= 15 is 0 Å². The number of carbonyl (C=O) groups is 1. The maximum atomic E-state index is 10.4. The third-order valence-electron chi connectivity index (χ3n) is 1.47. The van der Waals surface area contributed by atoms with E-state index in [4.69, 9.17) is 5.11 Å². The Morgan fingerprint density at radius 1 is 1.38 bits per heavy atom. The summed E-state index contributed by atoms with van der Waals surface area (Å²) in [4.78, 5) is 15.1. The van der Waals surface area contributed by atoms with Crippen molar-refractivity contribution in [3.63, 3.8) is 0 Å². The van der Waals surface area contributed by atoms with Crippen molar-refractivity contribution in [3.05, 3.63) is 35.4 Å². The molecule has 0 atom stereocenters. The van der Waals surface area contributed by atoms with E-state index in [1.165, 1.54) is 12.1 Å². The molecule has 0 aliphatic rings. The molecule has 0 saturated carbocycles. The van der Waals surface area contributed by atoms with E-state index in [-0.39, 0.29) is 18.0 Å². The SMILES string of the molecule is [Cl-].[NH3+]OCc1ccc(C(=O)O)cc1. The average Bonchev–Trinajstić information content (AvgIpc) is 2.06. The van der Waals surface area contributed by atoms with E-state index in [1.54, 1.807) is 12.1 Å². The Kier molecular flexibility index (Phi) is 5.06. The maximum Gasteiger partial charge on any atom is 0.335 e. The molecule has 5 heteroatoms. The molecule has 4 N–H and O–H groups in total. The molecule has 0 radical (unpaired) electrons. The van der Waals surface area contributed by atoms with Gasteiger partial charge < -0.3 is 17.5 Å². The smallest absolute Gasteiger partial charge is 0.335 e. The number of hydrogen-bond acceptors (Lipinski definition) is 2. The first-order valence-corrected chi connectivity index (χ1v) is 3.43. The van der Waals surface area contributed by atoms with Gasteiger partial charge >= 0.3 is 5.97 Å². The van der Waals surface area contributed by atoms with Crippen molar-refractivity contribution < 1.29 is 33.0 Å². The molecule has 0 saturated heterocycles. The summed E-state index contributed by atoms with van der Waals surface area (Å²) >= 11 is 0. The summed E-state index contributed by atoms with van der Waals surface area (Å²) in [6.07, 6.45) is 0. The Hall–Kier alpha value is -1.10. The van der Waals surface area contributed by atoms with Gasteiger partial charge in [0, 0.05) is 0 Å². The molecule has 0 bridgehead atoms. The van der Waals surface area contributed by atoms with Gasteiger partial charge in [-0.05, 0) is 17.7 Å². The number of rotatable bonds is 3. The Morgan fingerprint density at radius 2 is 1.92 bits per heavy atom. The molecule has 0 aromatic heterocycles. The predicted molar refractivity (Wildman–Crippen MR) is 41.1 cm³/mol. The van der Waals surface area contributed by atoms with E-state index < -0.39 is 5.97 Å². The predicted octanol–water partition coefficient (Wildman–Crippen LogP) is -2.94. The fraction of sp³-hybridized carbons (Fsp3) is 0.125. The summed E-state index contributed by atoms with van der Waals surface area (Å²) in [6, 6.07) is 6.48. The van der Waals surface area contributed by atoms with Crippen molar-refractivity contribution in [2.24, 2.45) is 0 Å². The molecule has 0 aliphatic carbocycles. The van der Waals surface area contributed by atoms with Crippen LogP contribution in [0.2, 0.25) is 0 Å². The lowest BCUT2D eigenvalue weighted by Crippen LogP contribution is -3.00. The van der Waals surface area contributed by atoms with Gasteiger partial charge in [0.15, 0.2) is 0 Å². The zero-order valence-electron chi connectivity index (χ0n) is 6.87. The molecule has 72 valence electrons. The van der Waals surface area contributed by atoms with Crippen molar-refractivity contribution in [3.8, 4) is 0 Å². The lowest BCUT2D eigenvalue weighted by atomic mass is 10.1. The van der Waals surface area contributed by atoms with Gasteiger partial charge in [0.05, 0.1) is 5.56 Å². The second-order valence-electron chi connectivity index (χ2n) is 2.35. The summed E-state index contributed by atoms with van der Waals surface area (Å²) in [6.45, 7) is 0.403. The van der Waals surface area contributed by atoms with Crippen LogP contribution in [0.4, 0.5) is 0 Å². The lowest BCUT2D eigenvalue weighted by molar-refractivity contribution is -0.695. The standard InChI is InChI=1S/C8H9NO3.ClH/c9-12-5-6-1-3-7(4-2-6)8(10)11;/h1-4H,5H2,9H3;1H. The molecule has 4 nitrogen and oxygen atoms in total. The fourth-order valence-electron chi connectivity index (χ4n) is 0.861. The fourth-order valence-corrected chi connectivity index (χ4v) is 0.861. The molecule has 0 heterocycles. The molecule has 0 spiro atoms. The van der Waals surface area contributed by atoms with Gasteiger partial charge in [-0.1, -0.05) is 12.1 Å². The summed E-state index contributed by atoms with van der Waals surface area (Å²) in [7, 11) is 0. The number of quaternary nitrogens is 1. The first kappa shape index (κ1) is 11.9. The molecule has 1 aromatic carbocycles. The number of halogens is 1. The molecular weight excluding hydrogens is 194 g/mol. The number of carboxylic acids is 1. The van der Waals surface area contributed by atoms with Crippen LogP contribution in [0.5, 0.6) is 0 Å². The molecule has 1 aromatic rings. The summed E-state index contributed by atoms with van der Waals surface area (Å²) in [5, 5.41) is 8.56. The van der Waals surface area contributed by atoms with Crippen LogP contribution in [0, 0.1) is 0 Å². The van der Waals surface area contributed by atoms with Crippen molar-refractivity contribution in [2.45, 2.75) is 6.61 Å². The van der Waals surface area contributed by atoms with Gasteiger partial charge in [-0.2, -0.15) is 0 Å². The van der Waals surface area contributed by atoms with Crippen LogP contribution in [0.1, 0.15) is 15.9 Å². The third kappa shape index (κ3) is 3.42. The van der Waals surface area contributed by atoms with Crippen LogP contribution < -0.4 is 18.3 Å². The Bertz CT molecular complexity index is 273. The van der Waals surface area contributed by atoms with Crippen LogP contribution in [0.25, 0.3) is 0 Å². The minimum Gasteiger partial charge on any atom is -1.00 e. The van der Waals surface area contributed by atoms with Gasteiger partial charge in [0.25, 0.3) is 0 Å². The molecule has 13 heavy (non-hydrogen) atoms. The molecule has 0 aliphatic heterocycles. The topological polar surface area (TPSA) is 74.2 Å². The summed E-state index contributed by atoms with van der Waals surface area (Å²) in [5.74, 6) is 2.30. The number of hydrogen-bond donors (Lipinski definition) is 2. The zero-order chi connectivity index (χ0) is 8.97. The molecule has 1 rings (SSSR count). The van der Waals surface area contributed by atoms with Gasteiger partial charge in [-0.25, -0.2) is 15.5 Å². The maximum absolute atomic E-state index is 10.4. The van der Waals surface area contributed by atoms with Crippen LogP contribution in [-0.2, 0) is 11.4 Å². The minimum atomic E-state index is -0.919. The van der Waals surface area contributed by atoms with E-state index in [0.717, 1.165) is 5.56 Å². The van der Waals surface area contributed by atoms with Gasteiger partial charge in [-0.3, -0.25) is 0 Å². The zero-order valence-corrected chi connectivity index (χ0v) is 7.62. The van der Waals surface area contributed by atoms with Crippen LogP contribution in [0.3, 0.4) is 0 Å². The first-order chi connectivity index (χ1) is 5.74. The van der Waals surface area contributed by atoms with Crippen molar-refractivity contribution in [1.82, 2.24) is 0 Å². The van der Waals surface area contributed by atoms with Crippen molar-refractivity contribution in [2.75, 3.05) is 0 Å². The number of benzene rings is 1. The molecule has 0 unspecified atom stereocenters. The summed E-state index contributed by atoms with van der Waals surface area (Å²) in [5.41, 5.74) is 1.19. The normalized spacial score (nSPS) is 9.00. The van der Waals surface area contributed by atoms with Gasteiger partial charge in [-0.15, -0.1) is 0 Å². The second-order valence-corrected chi connectivity index (χ2v) is 2.35. The van der Waals surface area contributed by atoms with E-state index in [0.29, 0.717) is 6.61 Å². The van der Waals surface area contributed by atoms with E-state index in [2.05, 4.69) is 10.7 Å². The second kappa shape index (κ2) is 5.53. The van der Waals surface area contributed by atoms with Crippen molar-refractivity contribution in [1.29, 1.82) is 0 Å². The van der Waals surface area contributed by atoms with Crippen LogP contribution in [-0.4, -0.2) is 11.1 Å². The molecule has 0 fully saturated rings. The number of carboxylic acid groups (broad SMARTS) is 1. The quantitative estimate of drug-likeness (QED) is 0.517. The first-order valence-electron chi connectivity index (χ1n) is 3.43. The van der Waals surface area contributed by atoms with Crippen molar-refractivity contribution >= 4 is 5.97 Å². The highest BCUT2D eigenvalue weighted by molar-refractivity contribution is 5.87. The Labute approximate surface area is 81.7 Å².